The molecule has 3 aromatic heterocycles. The average molecular weight is 829 g/mol. The Morgan fingerprint density at radius 1 is 0.586 bits per heavy atom. The number of ether oxygens (including phenoxy) is 2. The van der Waals surface area contributed by atoms with E-state index in [1.54, 1.807) is 12.1 Å². The first kappa shape index (κ1) is 37.1. The normalized spacial score (nSPS) is 23.1. The molecular weight excluding hydrogens is 793 g/mol. The molecule has 5 aliphatic rings. The van der Waals surface area contributed by atoms with E-state index >= 15 is 9.59 Å². The zero-order valence-corrected chi connectivity index (χ0v) is 33.6. The minimum Gasteiger partial charge on any atom is -0.459 e. The monoisotopic (exact) mass is 828 g/mol. The quantitative estimate of drug-likeness (QED) is 0.111. The lowest BCUT2D eigenvalue weighted by Gasteiger charge is -2.26. The fourth-order valence-corrected chi connectivity index (χ4v) is 13.4. The van der Waals surface area contributed by atoms with Gasteiger partial charge in [0.1, 0.15) is 23.2 Å². The van der Waals surface area contributed by atoms with Crippen LogP contribution in [0.15, 0.2) is 82.8 Å². The van der Waals surface area contributed by atoms with Crippen LogP contribution in [0.2, 0.25) is 0 Å². The summed E-state index contributed by atoms with van der Waals surface area (Å²) in [5, 5.41) is 0.747. The molecule has 0 spiro atoms. The minimum atomic E-state index is -2.12. The first-order valence-corrected chi connectivity index (χ1v) is 22.2. The number of carbonyl (C=O) groups is 6. The highest BCUT2D eigenvalue weighted by Gasteiger charge is 2.61. The summed E-state index contributed by atoms with van der Waals surface area (Å²) in [5.41, 5.74) is -0.104. The van der Waals surface area contributed by atoms with Crippen LogP contribution in [0.5, 0.6) is 0 Å². The molecule has 0 amide bonds. The maximum Gasteiger partial charge on any atom is 0.333 e. The van der Waals surface area contributed by atoms with Gasteiger partial charge in [0.15, 0.2) is 34.6 Å². The molecule has 4 saturated carbocycles. The van der Waals surface area contributed by atoms with E-state index in [1.165, 1.54) is 34.0 Å². The number of fused-ring (bicyclic) bond motifs is 7. The van der Waals surface area contributed by atoms with E-state index < -0.39 is 17.4 Å². The maximum absolute atomic E-state index is 15.0. The van der Waals surface area contributed by atoms with Gasteiger partial charge in [-0.15, -0.1) is 34.0 Å². The zero-order valence-electron chi connectivity index (χ0n) is 31.2. The van der Waals surface area contributed by atoms with Crippen LogP contribution in [0.3, 0.4) is 0 Å². The molecule has 3 heterocycles. The topological polar surface area (TPSA) is 146 Å². The summed E-state index contributed by atoms with van der Waals surface area (Å²) in [7, 11) is 0. The highest BCUT2D eigenvalue weighted by atomic mass is 32.1. The maximum atomic E-state index is 15.0. The molecule has 5 aromatic rings. The van der Waals surface area contributed by atoms with Crippen molar-refractivity contribution in [3.8, 4) is 9.75 Å². The van der Waals surface area contributed by atoms with Crippen molar-refractivity contribution in [3.63, 3.8) is 0 Å². The molecule has 58 heavy (non-hydrogen) atoms. The summed E-state index contributed by atoms with van der Waals surface area (Å²) in [6.45, 7) is -0.237. The lowest BCUT2D eigenvalue weighted by Crippen LogP contribution is -2.45. The van der Waals surface area contributed by atoms with Crippen LogP contribution in [-0.4, -0.2) is 46.5 Å². The molecule has 0 bridgehead atoms. The van der Waals surface area contributed by atoms with Crippen LogP contribution in [0.1, 0.15) is 73.6 Å². The van der Waals surface area contributed by atoms with Crippen molar-refractivity contribution in [1.29, 1.82) is 0 Å². The highest BCUT2D eigenvalue weighted by Crippen LogP contribution is 2.62. The van der Waals surface area contributed by atoms with Gasteiger partial charge in [0, 0.05) is 39.5 Å². The summed E-state index contributed by atoms with van der Waals surface area (Å²) in [4.78, 5) is 94.5. The second-order valence-electron chi connectivity index (χ2n) is 15.7. The number of hydrogen-bond donors (Lipinski definition) is 0. The number of benzene rings is 2. The predicted octanol–water partition coefficient (Wildman–Crippen LogP) is 8.84. The number of rotatable bonds is 8. The van der Waals surface area contributed by atoms with Crippen molar-refractivity contribution in [2.45, 2.75) is 70.0 Å². The van der Waals surface area contributed by atoms with Crippen molar-refractivity contribution in [3.05, 3.63) is 95.1 Å². The summed E-state index contributed by atoms with van der Waals surface area (Å²) >= 11 is 3.77. The number of esters is 2. The van der Waals surface area contributed by atoms with Gasteiger partial charge in [-0.25, -0.2) is 9.98 Å². The van der Waals surface area contributed by atoms with Crippen molar-refractivity contribution >= 4 is 99.9 Å². The minimum absolute atomic E-state index is 0.0306. The Morgan fingerprint density at radius 3 is 1.50 bits per heavy atom. The van der Waals surface area contributed by atoms with Crippen molar-refractivity contribution in [1.82, 2.24) is 0 Å². The van der Waals surface area contributed by atoms with E-state index in [1.807, 2.05) is 60.7 Å². The Labute approximate surface area is 345 Å². The number of Topliss-reactive ketones (excluding diaryl/α,β-unsaturated/α-hetero) is 4. The molecular formula is C45H36N2O8S3. The van der Waals surface area contributed by atoms with Crippen LogP contribution < -0.4 is 0 Å². The molecule has 5 aliphatic carbocycles. The summed E-state index contributed by atoms with van der Waals surface area (Å²) in [6.07, 6.45) is 6.27. The first-order valence-electron chi connectivity index (χ1n) is 19.7. The molecule has 4 fully saturated rings. The van der Waals surface area contributed by atoms with E-state index in [0.717, 1.165) is 36.8 Å². The molecule has 0 aliphatic heterocycles. The summed E-state index contributed by atoms with van der Waals surface area (Å²) in [5.74, 6) is -4.00. The Morgan fingerprint density at radius 2 is 1.03 bits per heavy atom. The van der Waals surface area contributed by atoms with Gasteiger partial charge in [-0.3, -0.25) is 28.8 Å². The van der Waals surface area contributed by atoms with E-state index in [-0.39, 0.29) is 71.4 Å². The fourth-order valence-electron chi connectivity index (χ4n) is 9.52. The Balaban J connectivity index is 1.12. The van der Waals surface area contributed by atoms with Crippen LogP contribution in [0, 0.1) is 23.7 Å². The van der Waals surface area contributed by atoms with Gasteiger partial charge in [0.25, 0.3) is 0 Å². The Kier molecular flexibility index (Phi) is 9.29. The van der Waals surface area contributed by atoms with Gasteiger partial charge >= 0.3 is 11.9 Å². The van der Waals surface area contributed by atoms with Crippen LogP contribution >= 0.6 is 34.0 Å². The van der Waals surface area contributed by atoms with Crippen molar-refractivity contribution < 1.29 is 38.2 Å². The molecule has 4 atom stereocenters. The van der Waals surface area contributed by atoms with E-state index in [2.05, 4.69) is 9.98 Å². The standard InChI is InChI=1S/C45H36N2O8S3/c48-36-25-15-7-8-16-26(25)37(49)34(36)46-31-19-29-40(57-31)42-33(41-30(56-42)20-32(58-41)47-35-38(50)27-17-9-10-18-28(27)39(35)51)45(29,43(52)54-21-23-11-3-1-4-12-23)44(53)55-22-24-13-5-2-6-14-24/h1-6,11-14,19-20,25-28H,7-10,15-18,21-22H2. The third kappa shape index (κ3) is 5.84. The van der Waals surface area contributed by atoms with Crippen LogP contribution in [0.4, 0.5) is 10.0 Å². The summed E-state index contributed by atoms with van der Waals surface area (Å²) in [6, 6.07) is 21.7. The first-order chi connectivity index (χ1) is 28.2. The number of carbonyl (C=O) groups excluding carboxylic acids is 6. The molecule has 0 N–H and O–H groups in total. The van der Waals surface area contributed by atoms with E-state index in [0.29, 0.717) is 66.0 Å². The van der Waals surface area contributed by atoms with Gasteiger partial charge in [-0.1, -0.05) is 86.3 Å². The van der Waals surface area contributed by atoms with Gasteiger partial charge in [0.2, 0.25) is 5.41 Å². The molecule has 10 rings (SSSR count). The second-order valence-corrected chi connectivity index (χ2v) is 18.8. The lowest BCUT2D eigenvalue weighted by atomic mass is 9.79. The number of nitrogens with zero attached hydrogens (tertiary/aromatic N) is 2. The molecule has 2 aromatic carbocycles. The zero-order chi connectivity index (χ0) is 39.7. The lowest BCUT2D eigenvalue weighted by molar-refractivity contribution is -0.164. The molecule has 0 saturated heterocycles. The molecule has 10 nitrogen and oxygen atoms in total. The van der Waals surface area contributed by atoms with Gasteiger partial charge in [0.05, 0.1) is 14.5 Å². The SMILES string of the molecule is O=C1C(=Nc2cc3c(s2)-c2sc4cc(N=C5C(=O)C6CCCCC6C5=O)sc4c2C3(C(=O)OCc2ccccc2)C(=O)OCc2ccccc2)C(=O)C2CCCCC12. The molecule has 0 radical (unpaired) electrons. The third-order valence-corrected chi connectivity index (χ3v) is 15.9. The average Bonchev–Trinajstić information content (AvgIpc) is 4.07. The number of aliphatic imine (C=N–C) groups is 2. The molecule has 4 unspecified atom stereocenters. The van der Waals surface area contributed by atoms with E-state index in [4.69, 9.17) is 9.47 Å². The summed E-state index contributed by atoms with van der Waals surface area (Å²) < 4.78 is 13.4. The predicted molar refractivity (Wildman–Crippen MR) is 221 cm³/mol. The van der Waals surface area contributed by atoms with E-state index in [9.17, 15) is 19.2 Å². The smallest absolute Gasteiger partial charge is 0.333 e. The number of ketones is 4. The third-order valence-electron chi connectivity index (χ3n) is 12.3. The van der Waals surface area contributed by atoms with Gasteiger partial charge in [-0.2, -0.15) is 0 Å². The number of thiophene rings is 3. The van der Waals surface area contributed by atoms with Crippen LogP contribution in [-0.2, 0) is 56.9 Å². The largest absolute Gasteiger partial charge is 0.459 e. The Bertz CT molecular complexity index is 2530. The number of hydrogen-bond acceptors (Lipinski definition) is 13. The molecule has 13 heteroatoms. The second kappa shape index (κ2) is 14.5. The molecule has 292 valence electrons. The Hall–Kier alpha value is -5.24. The van der Waals surface area contributed by atoms with Gasteiger partial charge in [-0.05, 0) is 48.9 Å². The fraction of sp³-hybridized carbons (Fsp3) is 0.333. The van der Waals surface area contributed by atoms with Gasteiger partial charge < -0.3 is 9.47 Å². The van der Waals surface area contributed by atoms with Crippen molar-refractivity contribution in [2.24, 2.45) is 33.7 Å². The van der Waals surface area contributed by atoms with Crippen molar-refractivity contribution in [2.75, 3.05) is 0 Å². The van der Waals surface area contributed by atoms with Crippen LogP contribution in [0.25, 0.3) is 19.2 Å². The highest BCUT2D eigenvalue weighted by molar-refractivity contribution is 7.33.